The highest BCUT2D eigenvalue weighted by atomic mass is 32.2. The second kappa shape index (κ2) is 5.46. The number of ether oxygens (including phenoxy) is 1. The van der Waals surface area contributed by atoms with Crippen molar-refractivity contribution in [2.45, 2.75) is 18.7 Å². The molecule has 0 aliphatic heterocycles. The number of hydrogen-bond acceptors (Lipinski definition) is 5. The van der Waals surface area contributed by atoms with Crippen molar-refractivity contribution in [3.63, 3.8) is 0 Å². The molecule has 16 heavy (non-hydrogen) atoms. The first-order valence-corrected chi connectivity index (χ1v) is 5.32. The third-order valence-electron chi connectivity index (χ3n) is 1.57. The maximum atomic E-state index is 11.4. The predicted octanol–water partition coefficient (Wildman–Crippen LogP) is 2.03. The summed E-state index contributed by atoms with van der Waals surface area (Å²) >= 11 is 1.02. The van der Waals surface area contributed by atoms with Crippen LogP contribution in [-0.2, 0) is 14.3 Å². The van der Waals surface area contributed by atoms with Crippen molar-refractivity contribution < 1.29 is 19.1 Å². The van der Waals surface area contributed by atoms with Crippen LogP contribution in [0.25, 0.3) is 0 Å². The summed E-state index contributed by atoms with van der Waals surface area (Å²) in [7, 11) is 0. The first-order valence-electron chi connectivity index (χ1n) is 4.50. The quantitative estimate of drug-likeness (QED) is 0.448. The lowest BCUT2D eigenvalue weighted by Gasteiger charge is -2.02. The van der Waals surface area contributed by atoms with Gasteiger partial charge in [-0.15, -0.1) is 0 Å². The van der Waals surface area contributed by atoms with E-state index in [1.165, 1.54) is 19.1 Å². The Morgan fingerprint density at radius 1 is 1.19 bits per heavy atom. The monoisotopic (exact) mass is 238 g/mol. The van der Waals surface area contributed by atoms with Crippen LogP contribution in [0.2, 0.25) is 0 Å². The van der Waals surface area contributed by atoms with Crippen molar-refractivity contribution in [2.24, 2.45) is 0 Å². The van der Waals surface area contributed by atoms with E-state index in [2.05, 4.69) is 4.74 Å². The van der Waals surface area contributed by atoms with Gasteiger partial charge in [-0.3, -0.25) is 9.59 Å². The summed E-state index contributed by atoms with van der Waals surface area (Å²) in [5, 5.41) is -0.0721. The van der Waals surface area contributed by atoms with Gasteiger partial charge in [0.2, 0.25) is 0 Å². The number of rotatable bonds is 2. The minimum atomic E-state index is -0.710. The fourth-order valence-corrected chi connectivity index (χ4v) is 1.71. The van der Waals surface area contributed by atoms with Crippen molar-refractivity contribution in [3.05, 3.63) is 29.8 Å². The second-order valence-electron chi connectivity index (χ2n) is 3.00. The minimum Gasteiger partial charge on any atom is -0.390 e. The molecule has 1 aromatic rings. The Bertz CT molecular complexity index is 439. The lowest BCUT2D eigenvalue weighted by molar-refractivity contribution is -0.135. The fourth-order valence-electron chi connectivity index (χ4n) is 1.04. The highest BCUT2D eigenvalue weighted by Gasteiger charge is 2.10. The molecule has 0 fully saturated rings. The molecule has 4 nitrogen and oxygen atoms in total. The maximum Gasteiger partial charge on any atom is 0.345 e. The van der Waals surface area contributed by atoms with Gasteiger partial charge in [0.15, 0.2) is 5.12 Å². The normalized spacial score (nSPS) is 9.62. The van der Waals surface area contributed by atoms with Gasteiger partial charge in [-0.05, 0) is 18.2 Å². The molecule has 0 amide bonds. The molecule has 0 spiro atoms. The molecule has 0 atom stereocenters. The van der Waals surface area contributed by atoms with E-state index >= 15 is 0 Å². The second-order valence-corrected chi connectivity index (χ2v) is 4.25. The molecule has 5 heteroatoms. The molecule has 0 aliphatic carbocycles. The third kappa shape index (κ3) is 3.86. The van der Waals surface area contributed by atoms with E-state index in [1.807, 2.05) is 0 Å². The SMILES string of the molecule is CC(=O)OC(=O)c1cccc(SC(C)=O)c1. The van der Waals surface area contributed by atoms with E-state index in [1.54, 1.807) is 12.1 Å². The van der Waals surface area contributed by atoms with Crippen LogP contribution < -0.4 is 0 Å². The van der Waals surface area contributed by atoms with Gasteiger partial charge in [0.05, 0.1) is 5.56 Å². The molecule has 1 rings (SSSR count). The summed E-state index contributed by atoms with van der Waals surface area (Å²) in [4.78, 5) is 33.5. The Kier molecular flexibility index (Phi) is 4.25. The first-order chi connectivity index (χ1) is 7.49. The van der Waals surface area contributed by atoms with Crippen LogP contribution in [0, 0.1) is 0 Å². The van der Waals surface area contributed by atoms with E-state index in [0.717, 1.165) is 18.7 Å². The number of carbonyl (C=O) groups excluding carboxylic acids is 3. The molecule has 0 radical (unpaired) electrons. The number of thioether (sulfide) groups is 1. The standard InChI is InChI=1S/C11H10O4S/c1-7(12)15-11(14)9-4-3-5-10(6-9)16-8(2)13/h3-6H,1-2H3. The molecule has 0 unspecified atom stereocenters. The van der Waals surface area contributed by atoms with Crippen molar-refractivity contribution in [1.82, 2.24) is 0 Å². The van der Waals surface area contributed by atoms with E-state index in [9.17, 15) is 14.4 Å². The topological polar surface area (TPSA) is 60.4 Å². The van der Waals surface area contributed by atoms with Gasteiger partial charge in [0.1, 0.15) is 0 Å². The Balaban J connectivity index is 2.85. The maximum absolute atomic E-state index is 11.4. The predicted molar refractivity (Wildman–Crippen MR) is 59.1 cm³/mol. The van der Waals surface area contributed by atoms with E-state index in [4.69, 9.17) is 0 Å². The molecule has 0 aromatic heterocycles. The molecule has 0 saturated heterocycles. The van der Waals surface area contributed by atoms with Crippen LogP contribution >= 0.6 is 11.8 Å². The lowest BCUT2D eigenvalue weighted by atomic mass is 10.2. The average molecular weight is 238 g/mol. The number of hydrogen-bond donors (Lipinski definition) is 0. The highest BCUT2D eigenvalue weighted by Crippen LogP contribution is 2.20. The Morgan fingerprint density at radius 3 is 2.44 bits per heavy atom. The van der Waals surface area contributed by atoms with E-state index in [-0.39, 0.29) is 10.7 Å². The van der Waals surface area contributed by atoms with Crippen LogP contribution in [0.5, 0.6) is 0 Å². The Morgan fingerprint density at radius 2 is 1.88 bits per heavy atom. The van der Waals surface area contributed by atoms with Crippen LogP contribution in [0.4, 0.5) is 0 Å². The van der Waals surface area contributed by atoms with Crippen molar-refractivity contribution in [1.29, 1.82) is 0 Å². The van der Waals surface area contributed by atoms with Crippen LogP contribution in [0.15, 0.2) is 29.2 Å². The average Bonchev–Trinajstić information content (AvgIpc) is 2.16. The molecule has 0 heterocycles. The van der Waals surface area contributed by atoms with Crippen LogP contribution in [-0.4, -0.2) is 17.1 Å². The van der Waals surface area contributed by atoms with Gasteiger partial charge in [-0.2, -0.15) is 0 Å². The fraction of sp³-hybridized carbons (Fsp3) is 0.182. The highest BCUT2D eigenvalue weighted by molar-refractivity contribution is 8.13. The third-order valence-corrected chi connectivity index (χ3v) is 2.34. The van der Waals surface area contributed by atoms with Crippen LogP contribution in [0.3, 0.4) is 0 Å². The number of benzene rings is 1. The van der Waals surface area contributed by atoms with Gasteiger partial charge < -0.3 is 4.74 Å². The summed E-state index contributed by atoms with van der Waals surface area (Å²) in [6.07, 6.45) is 0. The van der Waals surface area contributed by atoms with Crippen molar-refractivity contribution >= 4 is 28.8 Å². The molecule has 1 aromatic carbocycles. The van der Waals surface area contributed by atoms with Crippen LogP contribution in [0.1, 0.15) is 24.2 Å². The molecular formula is C11H10O4S. The van der Waals surface area contributed by atoms with E-state index < -0.39 is 11.9 Å². The summed E-state index contributed by atoms with van der Waals surface area (Å²) < 4.78 is 4.42. The summed E-state index contributed by atoms with van der Waals surface area (Å²) in [6, 6.07) is 6.37. The molecule has 0 N–H and O–H groups in total. The van der Waals surface area contributed by atoms with E-state index in [0.29, 0.717) is 4.90 Å². The summed E-state index contributed by atoms with van der Waals surface area (Å²) in [5.41, 5.74) is 0.251. The molecular weight excluding hydrogens is 228 g/mol. The number of carbonyl (C=O) groups is 3. The zero-order valence-corrected chi connectivity index (χ0v) is 9.67. The van der Waals surface area contributed by atoms with Gasteiger partial charge in [-0.25, -0.2) is 4.79 Å². The summed E-state index contributed by atoms with van der Waals surface area (Å²) in [5.74, 6) is -1.37. The van der Waals surface area contributed by atoms with Gasteiger partial charge >= 0.3 is 11.9 Å². The van der Waals surface area contributed by atoms with Crippen molar-refractivity contribution in [2.75, 3.05) is 0 Å². The molecule has 0 aliphatic rings. The zero-order chi connectivity index (χ0) is 12.1. The Hall–Kier alpha value is -1.62. The largest absolute Gasteiger partial charge is 0.390 e. The van der Waals surface area contributed by atoms with Gasteiger partial charge in [0.25, 0.3) is 0 Å². The molecule has 0 saturated carbocycles. The number of esters is 2. The molecule has 0 bridgehead atoms. The minimum absolute atomic E-state index is 0.0721. The first kappa shape index (κ1) is 12.4. The molecule has 84 valence electrons. The van der Waals surface area contributed by atoms with Gasteiger partial charge in [0, 0.05) is 18.7 Å². The Labute approximate surface area is 97.0 Å². The lowest BCUT2D eigenvalue weighted by Crippen LogP contribution is -2.09. The van der Waals surface area contributed by atoms with Crippen molar-refractivity contribution in [3.8, 4) is 0 Å². The zero-order valence-electron chi connectivity index (χ0n) is 8.85. The smallest absolute Gasteiger partial charge is 0.345 e. The van der Waals surface area contributed by atoms with Gasteiger partial charge in [-0.1, -0.05) is 17.8 Å². The summed E-state index contributed by atoms with van der Waals surface area (Å²) in [6.45, 7) is 2.59.